The van der Waals surface area contributed by atoms with Gasteiger partial charge in [0, 0.05) is 6.54 Å². The molecule has 0 bridgehead atoms. The Hall–Kier alpha value is -0.0400. The molecule has 1 spiro atoms. The highest BCUT2D eigenvalue weighted by atomic mass is 15.1. The topological polar surface area (TPSA) is 3.24 Å². The second-order valence-corrected chi connectivity index (χ2v) is 5.24. The number of hydrogen-bond donors (Lipinski definition) is 0. The van der Waals surface area contributed by atoms with E-state index in [0.717, 1.165) is 17.3 Å². The summed E-state index contributed by atoms with van der Waals surface area (Å²) in [7, 11) is 2.27. The fraction of sp³-hybridized carbons (Fsp3) is 1.00. The second kappa shape index (κ2) is 2.73. The number of hydrogen-bond acceptors (Lipinski definition) is 1. The Morgan fingerprint density at radius 3 is 2.50 bits per heavy atom. The van der Waals surface area contributed by atoms with Gasteiger partial charge in [-0.1, -0.05) is 13.8 Å². The molecule has 0 aromatic rings. The van der Waals surface area contributed by atoms with E-state index in [1.165, 1.54) is 32.4 Å². The minimum atomic E-state index is 0.765. The number of likely N-dealkylation sites (tertiary alicyclic amines) is 1. The molecule has 1 nitrogen and oxygen atoms in total. The van der Waals surface area contributed by atoms with Crippen molar-refractivity contribution in [2.75, 3.05) is 20.1 Å². The Morgan fingerprint density at radius 2 is 2.00 bits per heavy atom. The molecule has 0 aromatic carbocycles. The molecule has 0 amide bonds. The van der Waals surface area contributed by atoms with Crippen molar-refractivity contribution >= 4 is 0 Å². The lowest BCUT2D eigenvalue weighted by atomic mass is 9.76. The zero-order chi connectivity index (χ0) is 8.77. The molecule has 1 atom stereocenters. The molecule has 0 radical (unpaired) electrons. The molecule has 1 saturated carbocycles. The molecule has 1 heterocycles. The van der Waals surface area contributed by atoms with Gasteiger partial charge in [0.2, 0.25) is 0 Å². The van der Waals surface area contributed by atoms with Crippen LogP contribution in [-0.4, -0.2) is 25.0 Å². The van der Waals surface area contributed by atoms with E-state index in [2.05, 4.69) is 25.8 Å². The number of nitrogens with zero attached hydrogens (tertiary/aromatic N) is 1. The summed E-state index contributed by atoms with van der Waals surface area (Å²) in [6.45, 7) is 7.49. The molecule has 2 rings (SSSR count). The molecular weight excluding hydrogens is 146 g/mol. The summed E-state index contributed by atoms with van der Waals surface area (Å²) in [4.78, 5) is 2.52. The average molecular weight is 167 g/mol. The zero-order valence-corrected chi connectivity index (χ0v) is 8.64. The van der Waals surface area contributed by atoms with Crippen LogP contribution in [0.4, 0.5) is 0 Å². The molecule has 0 aromatic heterocycles. The van der Waals surface area contributed by atoms with E-state index in [4.69, 9.17) is 0 Å². The molecule has 2 fully saturated rings. The van der Waals surface area contributed by atoms with Gasteiger partial charge in [-0.15, -0.1) is 0 Å². The average Bonchev–Trinajstić information content (AvgIpc) is 2.68. The van der Waals surface area contributed by atoms with Gasteiger partial charge in [-0.2, -0.15) is 0 Å². The van der Waals surface area contributed by atoms with Crippen molar-refractivity contribution in [3.05, 3.63) is 0 Å². The summed E-state index contributed by atoms with van der Waals surface area (Å²) in [5, 5.41) is 0. The predicted octanol–water partition coefficient (Wildman–Crippen LogP) is 2.37. The molecule has 1 saturated heterocycles. The Bertz CT molecular complexity index is 170. The molecule has 1 unspecified atom stereocenters. The predicted molar refractivity (Wildman–Crippen MR) is 52.1 cm³/mol. The standard InChI is InChI=1S/C11H21N/c1-9(2)10-4-7-12(3)8-11(10)5-6-11/h9-10H,4-8H2,1-3H3. The van der Waals surface area contributed by atoms with Crippen LogP contribution in [0.2, 0.25) is 0 Å². The van der Waals surface area contributed by atoms with Crippen molar-refractivity contribution in [3.63, 3.8) is 0 Å². The fourth-order valence-electron chi connectivity index (χ4n) is 3.13. The summed E-state index contributed by atoms with van der Waals surface area (Å²) in [5.41, 5.74) is 0.765. The lowest BCUT2D eigenvalue weighted by molar-refractivity contribution is 0.0926. The summed E-state index contributed by atoms with van der Waals surface area (Å²) >= 11 is 0. The third kappa shape index (κ3) is 1.28. The Balaban J connectivity index is 2.05. The number of rotatable bonds is 1. The summed E-state index contributed by atoms with van der Waals surface area (Å²) in [6, 6.07) is 0. The maximum absolute atomic E-state index is 2.52. The Labute approximate surface area is 76.1 Å². The van der Waals surface area contributed by atoms with E-state index >= 15 is 0 Å². The highest BCUT2D eigenvalue weighted by Gasteiger charge is 2.52. The van der Waals surface area contributed by atoms with Crippen LogP contribution in [-0.2, 0) is 0 Å². The molecular formula is C11H21N. The molecule has 1 aliphatic heterocycles. The lowest BCUT2D eigenvalue weighted by Gasteiger charge is -2.39. The van der Waals surface area contributed by atoms with Crippen LogP contribution in [0.3, 0.4) is 0 Å². The molecule has 2 aliphatic rings. The summed E-state index contributed by atoms with van der Waals surface area (Å²) < 4.78 is 0. The number of piperidine rings is 1. The van der Waals surface area contributed by atoms with E-state index < -0.39 is 0 Å². The third-order valence-corrected chi connectivity index (χ3v) is 3.89. The molecule has 1 aliphatic carbocycles. The highest BCUT2D eigenvalue weighted by molar-refractivity contribution is 5.03. The van der Waals surface area contributed by atoms with E-state index in [-0.39, 0.29) is 0 Å². The largest absolute Gasteiger partial charge is 0.306 e. The fourth-order valence-corrected chi connectivity index (χ4v) is 3.13. The van der Waals surface area contributed by atoms with Gasteiger partial charge < -0.3 is 4.90 Å². The normalized spacial score (nSPS) is 34.5. The van der Waals surface area contributed by atoms with Crippen LogP contribution in [0.25, 0.3) is 0 Å². The minimum Gasteiger partial charge on any atom is -0.306 e. The first-order valence-electron chi connectivity index (χ1n) is 5.33. The van der Waals surface area contributed by atoms with Crippen LogP contribution in [0.1, 0.15) is 33.1 Å². The van der Waals surface area contributed by atoms with Crippen LogP contribution in [0.5, 0.6) is 0 Å². The second-order valence-electron chi connectivity index (χ2n) is 5.24. The van der Waals surface area contributed by atoms with Crippen molar-refractivity contribution in [2.24, 2.45) is 17.3 Å². The van der Waals surface area contributed by atoms with Gasteiger partial charge in [0.1, 0.15) is 0 Å². The first kappa shape index (κ1) is 8.55. The first-order valence-corrected chi connectivity index (χ1v) is 5.33. The minimum absolute atomic E-state index is 0.765. The van der Waals surface area contributed by atoms with Crippen LogP contribution >= 0.6 is 0 Å². The third-order valence-electron chi connectivity index (χ3n) is 3.89. The smallest absolute Gasteiger partial charge is 0.00377 e. The Kier molecular flexibility index (Phi) is 1.95. The Morgan fingerprint density at radius 1 is 1.33 bits per heavy atom. The summed E-state index contributed by atoms with van der Waals surface area (Å²) in [5.74, 6) is 1.93. The molecule has 12 heavy (non-hydrogen) atoms. The first-order chi connectivity index (χ1) is 5.64. The SMILES string of the molecule is CC(C)C1CCN(C)CC12CC2. The van der Waals surface area contributed by atoms with Crippen LogP contribution in [0.15, 0.2) is 0 Å². The van der Waals surface area contributed by atoms with Gasteiger partial charge in [-0.3, -0.25) is 0 Å². The van der Waals surface area contributed by atoms with Crippen LogP contribution in [0, 0.1) is 17.3 Å². The summed E-state index contributed by atoms with van der Waals surface area (Å²) in [6.07, 6.45) is 4.44. The van der Waals surface area contributed by atoms with Crippen molar-refractivity contribution in [1.82, 2.24) is 4.90 Å². The van der Waals surface area contributed by atoms with Gasteiger partial charge in [0.15, 0.2) is 0 Å². The maximum Gasteiger partial charge on any atom is 0.00377 e. The quantitative estimate of drug-likeness (QED) is 0.579. The van der Waals surface area contributed by atoms with E-state index in [9.17, 15) is 0 Å². The van der Waals surface area contributed by atoms with Crippen LogP contribution < -0.4 is 0 Å². The van der Waals surface area contributed by atoms with Crippen molar-refractivity contribution in [2.45, 2.75) is 33.1 Å². The maximum atomic E-state index is 2.52. The molecule has 70 valence electrons. The van der Waals surface area contributed by atoms with Gasteiger partial charge in [0.25, 0.3) is 0 Å². The van der Waals surface area contributed by atoms with E-state index in [1.54, 1.807) is 0 Å². The van der Waals surface area contributed by atoms with Gasteiger partial charge >= 0.3 is 0 Å². The molecule has 0 N–H and O–H groups in total. The van der Waals surface area contributed by atoms with Gasteiger partial charge in [-0.25, -0.2) is 0 Å². The van der Waals surface area contributed by atoms with Crippen molar-refractivity contribution < 1.29 is 0 Å². The van der Waals surface area contributed by atoms with Gasteiger partial charge in [0.05, 0.1) is 0 Å². The van der Waals surface area contributed by atoms with Crippen molar-refractivity contribution in [1.29, 1.82) is 0 Å². The lowest BCUT2D eigenvalue weighted by Crippen LogP contribution is -2.41. The highest BCUT2D eigenvalue weighted by Crippen LogP contribution is 2.57. The van der Waals surface area contributed by atoms with E-state index in [1.807, 2.05) is 0 Å². The zero-order valence-electron chi connectivity index (χ0n) is 8.64. The van der Waals surface area contributed by atoms with Crippen molar-refractivity contribution in [3.8, 4) is 0 Å². The van der Waals surface area contributed by atoms with E-state index in [0.29, 0.717) is 0 Å². The monoisotopic (exact) mass is 167 g/mol. The molecule has 1 heteroatoms. The van der Waals surface area contributed by atoms with Gasteiger partial charge in [-0.05, 0) is 50.1 Å².